The molecule has 1 fully saturated rings. The molecule has 11 nitrogen and oxygen atoms in total. The molecule has 0 amide bonds. The summed E-state index contributed by atoms with van der Waals surface area (Å²) in [5.74, 6) is -2.88. The van der Waals surface area contributed by atoms with Crippen LogP contribution in [-0.2, 0) is 14.3 Å². The van der Waals surface area contributed by atoms with Gasteiger partial charge in [-0.05, 0) is 44.9 Å². The van der Waals surface area contributed by atoms with Crippen molar-refractivity contribution in [2.24, 2.45) is 11.8 Å². The summed E-state index contributed by atoms with van der Waals surface area (Å²) in [6.07, 6.45) is 11.0. The Hall–Kier alpha value is -2.45. The van der Waals surface area contributed by atoms with Crippen molar-refractivity contribution in [3.8, 4) is 0 Å². The number of carbonyl (C=O) groups excluding carboxylic acids is 1. The monoisotopic (exact) mass is 692 g/mol. The number of allylic oxidation sites excluding steroid dienone is 8. The number of fused-ring (bicyclic) bond motifs is 2. The number of rotatable bonds is 1. The molecule has 0 aromatic carbocycles. The summed E-state index contributed by atoms with van der Waals surface area (Å²) in [6.45, 7) is 7.15. The first kappa shape index (κ1) is 42.7. The van der Waals surface area contributed by atoms with Gasteiger partial charge in [-0.25, -0.2) is 4.79 Å². The van der Waals surface area contributed by atoms with E-state index in [2.05, 4.69) is 0 Å². The van der Waals surface area contributed by atoms with E-state index in [4.69, 9.17) is 9.47 Å². The highest BCUT2D eigenvalue weighted by Gasteiger charge is 2.41. The minimum absolute atomic E-state index is 0.0484. The van der Waals surface area contributed by atoms with Crippen LogP contribution in [0.15, 0.2) is 72.4 Å². The van der Waals surface area contributed by atoms with Crippen LogP contribution in [-0.4, -0.2) is 108 Å². The summed E-state index contributed by atoms with van der Waals surface area (Å²) in [5.41, 5.74) is 0.379. The molecule has 0 radical (unpaired) electrons. The number of carbonyl (C=O) groups is 1. The predicted molar refractivity (Wildman–Crippen MR) is 187 cm³/mol. The first-order chi connectivity index (χ1) is 23.1. The largest absolute Gasteiger partial charge is 0.458 e. The van der Waals surface area contributed by atoms with Gasteiger partial charge in [0.2, 0.25) is 0 Å². The molecule has 1 saturated heterocycles. The molecule has 0 aromatic rings. The number of aliphatic hydroxyl groups is 8. The molecule has 0 aromatic heterocycles. The standard InChI is InChI=1S/C38H60O11/c1-25(2)36-27(4)35(45)22-31(42)20-30(41)18-28(39)15-13-16-29(40)19-32(43)23-38(47)24-33(44)21-34(49-38)17-12-10-8-6-5-7-9-11-14-26(3)37(46)48-36/h5-14,16,25,27-36,39-45,47H,15,17-24H2,1-4H3/t27-,28+,29-,30+,31-,32-,33-,34+,35-,36-,38-/m0/s1. The molecule has 49 heavy (non-hydrogen) atoms. The summed E-state index contributed by atoms with van der Waals surface area (Å²) >= 11 is 0. The lowest BCUT2D eigenvalue weighted by Crippen LogP contribution is -2.48. The SMILES string of the molecule is CC1=CC=CC=CC=CC=CC[C@@H]2C[C@H](O)C[C@](O)(C[C@@H](O)C[C@@H](O)C=CC[C@@H](O)C[C@@H](O)C[C@H](O)C[C@H](O)[C@H](C)[C@H](C(C)C)OC1=O)O2. The van der Waals surface area contributed by atoms with Crippen LogP contribution >= 0.6 is 0 Å². The molecule has 8 N–H and O–H groups in total. The summed E-state index contributed by atoms with van der Waals surface area (Å²) < 4.78 is 11.6. The first-order valence-corrected chi connectivity index (χ1v) is 17.5. The average molecular weight is 693 g/mol. The molecule has 0 spiro atoms. The summed E-state index contributed by atoms with van der Waals surface area (Å²) in [5, 5.41) is 84.6. The number of ether oxygens (including phenoxy) is 2. The van der Waals surface area contributed by atoms with Crippen LogP contribution in [0.3, 0.4) is 0 Å². The Labute approximate surface area is 291 Å². The van der Waals surface area contributed by atoms with Crippen molar-refractivity contribution >= 4 is 5.97 Å². The zero-order valence-electron chi connectivity index (χ0n) is 29.4. The third-order valence-electron chi connectivity index (χ3n) is 8.81. The second kappa shape index (κ2) is 21.7. The lowest BCUT2D eigenvalue weighted by atomic mass is 9.86. The van der Waals surface area contributed by atoms with E-state index in [0.29, 0.717) is 18.4 Å². The van der Waals surface area contributed by atoms with Crippen LogP contribution in [0.5, 0.6) is 0 Å². The van der Waals surface area contributed by atoms with Crippen LogP contribution in [0.25, 0.3) is 0 Å². The van der Waals surface area contributed by atoms with Gasteiger partial charge in [-0.2, -0.15) is 0 Å². The number of cyclic esters (lactones) is 1. The summed E-state index contributed by atoms with van der Waals surface area (Å²) in [4.78, 5) is 12.8. The van der Waals surface area contributed by atoms with Crippen molar-refractivity contribution < 1.29 is 55.1 Å². The van der Waals surface area contributed by atoms with Crippen molar-refractivity contribution in [1.29, 1.82) is 0 Å². The quantitative estimate of drug-likeness (QED) is 0.149. The number of aliphatic hydroxyl groups excluding tert-OH is 7. The van der Waals surface area contributed by atoms with Crippen LogP contribution in [0.4, 0.5) is 0 Å². The molecule has 0 saturated carbocycles. The molecule has 11 heteroatoms. The van der Waals surface area contributed by atoms with E-state index < -0.39 is 72.6 Å². The molecule has 2 aliphatic heterocycles. The van der Waals surface area contributed by atoms with Gasteiger partial charge in [0.15, 0.2) is 5.79 Å². The van der Waals surface area contributed by atoms with Gasteiger partial charge in [0.1, 0.15) is 6.10 Å². The van der Waals surface area contributed by atoms with E-state index in [9.17, 15) is 45.6 Å². The topological polar surface area (TPSA) is 197 Å². The van der Waals surface area contributed by atoms with Crippen molar-refractivity contribution in [2.45, 2.75) is 146 Å². The number of hydrogen-bond acceptors (Lipinski definition) is 11. The number of hydrogen-bond donors (Lipinski definition) is 8. The minimum Gasteiger partial charge on any atom is -0.458 e. The fourth-order valence-corrected chi connectivity index (χ4v) is 6.23. The second-order valence-electron chi connectivity index (χ2n) is 14.0. The van der Waals surface area contributed by atoms with Crippen molar-refractivity contribution in [3.63, 3.8) is 0 Å². The lowest BCUT2D eigenvalue weighted by Gasteiger charge is -2.40. The van der Waals surface area contributed by atoms with Gasteiger partial charge in [-0.3, -0.25) is 0 Å². The molecule has 2 rings (SSSR count). The van der Waals surface area contributed by atoms with E-state index in [1.165, 1.54) is 12.2 Å². The van der Waals surface area contributed by atoms with Crippen LogP contribution < -0.4 is 0 Å². The maximum atomic E-state index is 12.8. The number of esters is 1. The van der Waals surface area contributed by atoms with Crippen molar-refractivity contribution in [2.75, 3.05) is 0 Å². The van der Waals surface area contributed by atoms with Gasteiger partial charge in [0.25, 0.3) is 0 Å². The van der Waals surface area contributed by atoms with Gasteiger partial charge in [0.05, 0.1) is 48.8 Å². The first-order valence-electron chi connectivity index (χ1n) is 17.5. The molecule has 278 valence electrons. The molecular weight excluding hydrogens is 632 g/mol. The molecule has 2 heterocycles. The van der Waals surface area contributed by atoms with Crippen LogP contribution in [0.1, 0.15) is 85.5 Å². The second-order valence-corrected chi connectivity index (χ2v) is 14.0. The molecular formula is C38H60O11. The third kappa shape index (κ3) is 16.9. The highest BCUT2D eigenvalue weighted by atomic mass is 16.6. The summed E-state index contributed by atoms with van der Waals surface area (Å²) in [6, 6.07) is 0. The smallest absolute Gasteiger partial charge is 0.334 e. The Bertz CT molecular complexity index is 1160. The maximum Gasteiger partial charge on any atom is 0.334 e. The maximum absolute atomic E-state index is 12.8. The van der Waals surface area contributed by atoms with E-state index in [-0.39, 0.29) is 50.9 Å². The lowest BCUT2D eigenvalue weighted by molar-refractivity contribution is -0.282. The van der Waals surface area contributed by atoms with Crippen LogP contribution in [0.2, 0.25) is 0 Å². The molecule has 0 aliphatic carbocycles. The molecule has 2 bridgehead atoms. The molecule has 0 unspecified atom stereocenters. The van der Waals surface area contributed by atoms with Crippen LogP contribution in [0, 0.1) is 11.8 Å². The van der Waals surface area contributed by atoms with Gasteiger partial charge in [-0.15, -0.1) is 0 Å². The highest BCUT2D eigenvalue weighted by molar-refractivity contribution is 5.88. The summed E-state index contributed by atoms with van der Waals surface area (Å²) in [7, 11) is 0. The zero-order chi connectivity index (χ0) is 36.6. The Morgan fingerprint density at radius 1 is 0.714 bits per heavy atom. The third-order valence-corrected chi connectivity index (χ3v) is 8.81. The Morgan fingerprint density at radius 3 is 1.94 bits per heavy atom. The normalized spacial score (nSPS) is 37.6. The van der Waals surface area contributed by atoms with Gasteiger partial charge in [-0.1, -0.05) is 87.6 Å². The fraction of sp³-hybridized carbons (Fsp3) is 0.658. The fourth-order valence-electron chi connectivity index (χ4n) is 6.23. The van der Waals surface area contributed by atoms with E-state index in [0.717, 1.165) is 0 Å². The predicted octanol–water partition coefficient (Wildman–Crippen LogP) is 3.06. The molecule has 2 aliphatic rings. The minimum atomic E-state index is -1.76. The van der Waals surface area contributed by atoms with E-state index in [1.54, 1.807) is 38.2 Å². The van der Waals surface area contributed by atoms with E-state index >= 15 is 0 Å². The van der Waals surface area contributed by atoms with Gasteiger partial charge < -0.3 is 50.3 Å². The Kier molecular flexibility index (Phi) is 18.9. The molecule has 11 atom stereocenters. The van der Waals surface area contributed by atoms with Crippen molar-refractivity contribution in [3.05, 3.63) is 72.4 Å². The Morgan fingerprint density at radius 2 is 1.29 bits per heavy atom. The van der Waals surface area contributed by atoms with E-state index in [1.807, 2.05) is 44.2 Å². The van der Waals surface area contributed by atoms with Crippen molar-refractivity contribution in [1.82, 2.24) is 0 Å². The zero-order valence-corrected chi connectivity index (χ0v) is 29.4. The van der Waals surface area contributed by atoms with Gasteiger partial charge >= 0.3 is 5.97 Å². The Balaban J connectivity index is 2.17. The average Bonchev–Trinajstić information content (AvgIpc) is 2.98. The van der Waals surface area contributed by atoms with Gasteiger partial charge in [0, 0.05) is 37.2 Å². The highest BCUT2D eigenvalue weighted by Crippen LogP contribution is 2.33.